The van der Waals surface area contributed by atoms with E-state index >= 15 is 0 Å². The number of aromatic amines is 2. The number of nitrogens with zero attached hydrogens (tertiary/aromatic N) is 2. The van der Waals surface area contributed by atoms with Crippen molar-refractivity contribution in [3.8, 4) is 44.5 Å². The van der Waals surface area contributed by atoms with Gasteiger partial charge in [0.15, 0.2) is 0 Å². The van der Waals surface area contributed by atoms with E-state index in [2.05, 4.69) is 9.97 Å². The summed E-state index contributed by atoms with van der Waals surface area (Å²) in [5.74, 6) is -1.11. The maximum atomic E-state index is 12.0. The molecule has 9 rings (SSSR count). The van der Waals surface area contributed by atoms with Crippen LogP contribution in [0.2, 0.25) is 0 Å². The first-order chi connectivity index (χ1) is 29.9. The van der Waals surface area contributed by atoms with Crippen molar-refractivity contribution in [1.82, 2.24) is 19.9 Å². The molecule has 22 heteroatoms. The molecule has 67 heavy (non-hydrogen) atoms. The van der Waals surface area contributed by atoms with Crippen LogP contribution in [0.25, 0.3) is 90.9 Å². The molecule has 0 fully saturated rings. The third-order valence-corrected chi connectivity index (χ3v) is 13.1. The first-order valence-corrected chi connectivity index (χ1v) is 23.0. The van der Waals surface area contributed by atoms with Crippen molar-refractivity contribution in [2.45, 2.75) is 14.7 Å². The molecule has 2 aliphatic heterocycles. The van der Waals surface area contributed by atoms with Crippen molar-refractivity contribution in [2.24, 2.45) is 0 Å². The number of nitrogens with one attached hydrogen (secondary N) is 2. The predicted octanol–water partition coefficient (Wildman–Crippen LogP) is 6.17. The van der Waals surface area contributed by atoms with Crippen molar-refractivity contribution in [3.05, 3.63) is 150 Å². The number of carboxylic acid groups (broad SMARTS) is 1. The fraction of sp³-hybridized carbons (Fsp3) is 0. The molecule has 7 aromatic rings. The quantitative estimate of drug-likeness (QED) is 0.0737. The minimum absolute atomic E-state index is 0. The average Bonchev–Trinajstić information content (AvgIpc) is 4.09. The standard InChI is InChI=1S/C45H30N4O11S3.4Na.4H/c50-45(51)29-3-1-25(2-4-29)41-33-17-19-35(46-33)42(26-5-11-30(12-6-26)61(52,53)54)37-21-23-39(48-37)44(28-9-15-32(16-10-28)63(58,59)60)40-24-22-38(49-40)43(36-20-18-34(41)47-36)27-7-13-31(14-8-27)62(55,56)57;;;;;;;;/h1-24,46,49H,(H,50,51)(H,52,53,54)(H,55,56,57)(H,58,59,60);;;;;;;;. The van der Waals surface area contributed by atoms with Gasteiger partial charge in [0, 0.05) is 44.3 Å². The number of H-pyrrole nitrogens is 2. The number of carboxylic acids is 1. The van der Waals surface area contributed by atoms with Gasteiger partial charge in [0.25, 0.3) is 30.4 Å². The molecule has 322 valence electrons. The molecular weight excluding hydrogens is 961 g/mol. The van der Waals surface area contributed by atoms with Gasteiger partial charge in [-0.05, 0) is 119 Å². The zero-order valence-corrected chi connectivity index (χ0v) is 34.6. The minimum atomic E-state index is -4.53. The first-order valence-electron chi connectivity index (χ1n) is 18.7. The molecule has 15 nitrogen and oxygen atoms in total. The second-order valence-corrected chi connectivity index (χ2v) is 18.6. The van der Waals surface area contributed by atoms with Gasteiger partial charge in [-0.1, -0.05) is 48.5 Å². The summed E-state index contributed by atoms with van der Waals surface area (Å²) in [4.78, 5) is 28.0. The van der Waals surface area contributed by atoms with Gasteiger partial charge in [0.05, 0.1) is 43.0 Å². The molecule has 0 atom stereocenters. The van der Waals surface area contributed by atoms with Gasteiger partial charge in [-0.15, -0.1) is 0 Å². The van der Waals surface area contributed by atoms with E-state index in [0.29, 0.717) is 89.4 Å². The predicted molar refractivity (Wildman–Crippen MR) is 266 cm³/mol. The number of aromatic carboxylic acids is 1. The number of benzene rings is 4. The zero-order chi connectivity index (χ0) is 44.4. The second-order valence-electron chi connectivity index (χ2n) is 14.4. The van der Waals surface area contributed by atoms with Crippen LogP contribution in [0, 0.1) is 0 Å². The van der Waals surface area contributed by atoms with Gasteiger partial charge in [0.1, 0.15) is 0 Å². The third kappa shape index (κ3) is 11.3. The van der Waals surface area contributed by atoms with E-state index in [1.54, 1.807) is 54.6 Å². The van der Waals surface area contributed by atoms with E-state index in [9.17, 15) is 48.8 Å². The Labute approximate surface area is 472 Å². The van der Waals surface area contributed by atoms with Crippen LogP contribution in [-0.2, 0) is 30.4 Å². The number of carbonyl (C=O) groups is 1. The van der Waals surface area contributed by atoms with Crippen LogP contribution in [0.5, 0.6) is 0 Å². The average molecular weight is 995 g/mol. The van der Waals surface area contributed by atoms with Gasteiger partial charge in [-0.25, -0.2) is 14.8 Å². The summed E-state index contributed by atoms with van der Waals surface area (Å²) in [5.41, 5.74) is 8.19. The Balaban J connectivity index is 0.00000210. The van der Waals surface area contributed by atoms with E-state index in [1.165, 1.54) is 84.9 Å². The van der Waals surface area contributed by atoms with Gasteiger partial charge in [0.2, 0.25) is 0 Å². The Morgan fingerprint density at radius 1 is 0.373 bits per heavy atom. The fourth-order valence-electron chi connectivity index (χ4n) is 7.58. The van der Waals surface area contributed by atoms with E-state index in [-0.39, 0.29) is 138 Å². The molecule has 3 aromatic heterocycles. The molecule has 0 saturated carbocycles. The molecule has 0 radical (unpaired) electrons. The first kappa shape index (κ1) is 54.6. The topological polar surface area (TPSA) is 258 Å². The number of hydrogen-bond acceptors (Lipinski definition) is 9. The summed E-state index contributed by atoms with van der Waals surface area (Å²) in [5, 5.41) is 9.68. The monoisotopic (exact) mass is 994 g/mol. The van der Waals surface area contributed by atoms with Crippen LogP contribution in [0.15, 0.2) is 136 Å². The van der Waals surface area contributed by atoms with Crippen molar-refractivity contribution in [2.75, 3.05) is 0 Å². The van der Waals surface area contributed by atoms with E-state index in [4.69, 9.17) is 9.97 Å². The Morgan fingerprint density at radius 3 is 0.806 bits per heavy atom. The van der Waals surface area contributed by atoms with Crippen molar-refractivity contribution >= 4 is 201 Å². The van der Waals surface area contributed by atoms with Crippen LogP contribution in [-0.4, -0.2) is 188 Å². The van der Waals surface area contributed by atoms with E-state index < -0.39 is 36.3 Å². The van der Waals surface area contributed by atoms with Crippen LogP contribution < -0.4 is 0 Å². The van der Waals surface area contributed by atoms with Crippen LogP contribution in [0.3, 0.4) is 0 Å². The van der Waals surface area contributed by atoms with Gasteiger partial charge in [-0.3, -0.25) is 13.7 Å². The molecule has 0 aliphatic carbocycles. The molecule has 4 aromatic carbocycles. The molecule has 0 saturated heterocycles. The number of fused-ring (bicyclic) bond motifs is 8. The Morgan fingerprint density at radius 2 is 0.597 bits per heavy atom. The molecule has 2 aliphatic rings. The van der Waals surface area contributed by atoms with Crippen molar-refractivity contribution in [1.29, 1.82) is 0 Å². The summed E-state index contributed by atoms with van der Waals surface area (Å²) in [7, 11) is -13.6. The van der Waals surface area contributed by atoms with Gasteiger partial charge >= 0.3 is 124 Å². The third-order valence-electron chi connectivity index (χ3n) is 10.5. The maximum absolute atomic E-state index is 12.0. The Hall–Kier alpha value is -3.32. The van der Waals surface area contributed by atoms with Gasteiger partial charge < -0.3 is 15.1 Å². The normalized spacial score (nSPS) is 12.0. The summed E-state index contributed by atoms with van der Waals surface area (Å²) in [6, 6.07) is 30.2. The van der Waals surface area contributed by atoms with E-state index in [0.717, 1.165) is 0 Å². The molecule has 0 spiro atoms. The Bertz CT molecular complexity index is 3580. The molecule has 6 N–H and O–H groups in total. The van der Waals surface area contributed by atoms with Crippen LogP contribution in [0.4, 0.5) is 0 Å². The summed E-state index contributed by atoms with van der Waals surface area (Å²) in [6.45, 7) is 0. The van der Waals surface area contributed by atoms with Crippen molar-refractivity contribution < 1.29 is 48.8 Å². The second kappa shape index (κ2) is 21.4. The molecule has 5 heterocycles. The summed E-state index contributed by atoms with van der Waals surface area (Å²) in [6.07, 6.45) is 7.06. The molecule has 0 amide bonds. The zero-order valence-electron chi connectivity index (χ0n) is 32.1. The molecule has 8 bridgehead atoms. The van der Waals surface area contributed by atoms with Crippen molar-refractivity contribution in [3.63, 3.8) is 0 Å². The fourth-order valence-corrected chi connectivity index (χ4v) is 9.02. The van der Waals surface area contributed by atoms with Crippen LogP contribution in [0.1, 0.15) is 33.1 Å². The Kier molecular flexibility index (Phi) is 17.4. The molecular formula is C45H34N4Na4O11S3. The SMILES string of the molecule is O=C(O)c1ccc(-c2c3nc(c(-c4ccc(S(=O)(=O)O)cc4)c4ccc([nH]4)c(-c4ccc(S(=O)(=O)O)cc4)c4nc(c(-c5ccc(S(=O)(=O)O)cc5)c5ccc2[nH]5)C=C4)C=C3)cc1.[NaH].[NaH].[NaH].[NaH]. The van der Waals surface area contributed by atoms with Gasteiger partial charge in [-0.2, -0.15) is 25.3 Å². The van der Waals surface area contributed by atoms with E-state index in [1.807, 2.05) is 6.07 Å². The number of hydrogen-bond donors (Lipinski definition) is 6. The summed E-state index contributed by atoms with van der Waals surface area (Å²) >= 11 is 0. The summed E-state index contributed by atoms with van der Waals surface area (Å²) < 4.78 is 101. The van der Waals surface area contributed by atoms with Crippen LogP contribution >= 0.6 is 0 Å². The number of rotatable bonds is 8. The number of aromatic nitrogens is 4. The molecule has 0 unspecified atom stereocenters.